The molecule has 0 spiro atoms. The number of ether oxygens (including phenoxy) is 2. The lowest BCUT2D eigenvalue weighted by Gasteiger charge is -2.22. The number of halogens is 1. The van der Waals surface area contributed by atoms with Gasteiger partial charge in [0.15, 0.2) is 0 Å². The van der Waals surface area contributed by atoms with Gasteiger partial charge in [0.25, 0.3) is 0 Å². The molecule has 2 rings (SSSR count). The van der Waals surface area contributed by atoms with Gasteiger partial charge in [-0.2, -0.15) is 0 Å². The maximum absolute atomic E-state index is 6.07. The Labute approximate surface area is 120 Å². The van der Waals surface area contributed by atoms with Gasteiger partial charge in [0.1, 0.15) is 5.75 Å². The standard InChI is InChI=1S/C15H22ClNO2/c1-3-7-19-15-5-4-13(16)9-14(15)17-11(2)12-6-8-18-10-12/h4-5,9,11-12,17H,3,6-8,10H2,1-2H3. The fourth-order valence-electron chi connectivity index (χ4n) is 2.26. The molecular formula is C15H22ClNO2. The van der Waals surface area contributed by atoms with E-state index in [1.807, 2.05) is 18.2 Å². The molecule has 2 atom stereocenters. The highest BCUT2D eigenvalue weighted by atomic mass is 35.5. The molecule has 1 heterocycles. The summed E-state index contributed by atoms with van der Waals surface area (Å²) in [5, 5.41) is 4.24. The minimum absolute atomic E-state index is 0.352. The Bertz CT molecular complexity index is 405. The van der Waals surface area contributed by atoms with E-state index in [2.05, 4.69) is 19.2 Å². The second-order valence-corrected chi connectivity index (χ2v) is 5.48. The molecule has 0 aromatic heterocycles. The molecule has 0 bridgehead atoms. The Morgan fingerprint density at radius 1 is 1.53 bits per heavy atom. The lowest BCUT2D eigenvalue weighted by atomic mass is 10.0. The highest BCUT2D eigenvalue weighted by Gasteiger charge is 2.22. The van der Waals surface area contributed by atoms with E-state index in [1.54, 1.807) is 0 Å². The number of hydrogen-bond acceptors (Lipinski definition) is 3. The van der Waals surface area contributed by atoms with E-state index in [-0.39, 0.29) is 0 Å². The predicted octanol–water partition coefficient (Wildman–Crippen LogP) is 3.97. The Morgan fingerprint density at radius 3 is 3.05 bits per heavy atom. The molecule has 1 aliphatic rings. The molecule has 1 N–H and O–H groups in total. The fraction of sp³-hybridized carbons (Fsp3) is 0.600. The lowest BCUT2D eigenvalue weighted by molar-refractivity contribution is 0.183. The number of rotatable bonds is 6. The first-order chi connectivity index (χ1) is 9.20. The van der Waals surface area contributed by atoms with E-state index in [4.69, 9.17) is 21.1 Å². The SMILES string of the molecule is CCCOc1ccc(Cl)cc1NC(C)C1CCOC1. The Balaban J connectivity index is 2.05. The second-order valence-electron chi connectivity index (χ2n) is 5.05. The zero-order valence-corrected chi connectivity index (χ0v) is 12.4. The van der Waals surface area contributed by atoms with Gasteiger partial charge in [-0.3, -0.25) is 0 Å². The van der Waals surface area contributed by atoms with Crippen LogP contribution in [0.25, 0.3) is 0 Å². The average molecular weight is 284 g/mol. The largest absolute Gasteiger partial charge is 0.491 e. The van der Waals surface area contributed by atoms with Crippen molar-refractivity contribution >= 4 is 17.3 Å². The van der Waals surface area contributed by atoms with Crippen molar-refractivity contribution in [3.8, 4) is 5.75 Å². The summed E-state index contributed by atoms with van der Waals surface area (Å²) in [6, 6.07) is 6.07. The van der Waals surface area contributed by atoms with Crippen molar-refractivity contribution in [1.29, 1.82) is 0 Å². The van der Waals surface area contributed by atoms with Crippen molar-refractivity contribution in [3.05, 3.63) is 23.2 Å². The third kappa shape index (κ3) is 4.02. The van der Waals surface area contributed by atoms with E-state index < -0.39 is 0 Å². The molecule has 1 aromatic rings. The van der Waals surface area contributed by atoms with Crippen molar-refractivity contribution in [1.82, 2.24) is 0 Å². The van der Waals surface area contributed by atoms with E-state index in [9.17, 15) is 0 Å². The average Bonchev–Trinajstić information content (AvgIpc) is 2.92. The number of hydrogen-bond donors (Lipinski definition) is 1. The van der Waals surface area contributed by atoms with Crippen LogP contribution < -0.4 is 10.1 Å². The zero-order chi connectivity index (χ0) is 13.7. The van der Waals surface area contributed by atoms with Crippen LogP contribution in [-0.2, 0) is 4.74 Å². The third-order valence-corrected chi connectivity index (χ3v) is 3.69. The number of anilines is 1. The van der Waals surface area contributed by atoms with Crippen LogP contribution in [0.2, 0.25) is 5.02 Å². The first-order valence-corrected chi connectivity index (χ1v) is 7.35. The molecule has 0 saturated carbocycles. The summed E-state index contributed by atoms with van der Waals surface area (Å²) in [7, 11) is 0. The molecule has 19 heavy (non-hydrogen) atoms. The van der Waals surface area contributed by atoms with Gasteiger partial charge in [-0.25, -0.2) is 0 Å². The maximum atomic E-state index is 6.07. The Morgan fingerprint density at radius 2 is 2.37 bits per heavy atom. The Hall–Kier alpha value is -0.930. The zero-order valence-electron chi connectivity index (χ0n) is 11.6. The normalized spacial score (nSPS) is 20.3. The highest BCUT2D eigenvalue weighted by Crippen LogP contribution is 2.30. The van der Waals surface area contributed by atoms with Crippen molar-refractivity contribution in [2.75, 3.05) is 25.1 Å². The molecule has 0 aliphatic carbocycles. The minimum atomic E-state index is 0.352. The monoisotopic (exact) mass is 283 g/mol. The molecule has 0 amide bonds. The molecule has 4 heteroatoms. The quantitative estimate of drug-likeness (QED) is 0.857. The molecule has 1 aromatic carbocycles. The molecule has 1 aliphatic heterocycles. The van der Waals surface area contributed by atoms with Gasteiger partial charge in [-0.1, -0.05) is 18.5 Å². The lowest BCUT2D eigenvalue weighted by Crippen LogP contribution is -2.26. The molecule has 106 valence electrons. The van der Waals surface area contributed by atoms with Crippen LogP contribution in [0.15, 0.2) is 18.2 Å². The highest BCUT2D eigenvalue weighted by molar-refractivity contribution is 6.30. The topological polar surface area (TPSA) is 30.5 Å². The van der Waals surface area contributed by atoms with E-state index in [0.717, 1.165) is 49.1 Å². The third-order valence-electron chi connectivity index (χ3n) is 3.46. The minimum Gasteiger partial charge on any atom is -0.491 e. The van der Waals surface area contributed by atoms with Crippen molar-refractivity contribution in [2.24, 2.45) is 5.92 Å². The summed E-state index contributed by atoms with van der Waals surface area (Å²) >= 11 is 6.07. The summed E-state index contributed by atoms with van der Waals surface area (Å²) in [4.78, 5) is 0. The van der Waals surface area contributed by atoms with Gasteiger partial charge in [0, 0.05) is 23.6 Å². The first kappa shape index (κ1) is 14.5. The van der Waals surface area contributed by atoms with E-state index in [0.29, 0.717) is 12.0 Å². The van der Waals surface area contributed by atoms with Crippen LogP contribution in [0.5, 0.6) is 5.75 Å². The van der Waals surface area contributed by atoms with Crippen LogP contribution in [0.1, 0.15) is 26.7 Å². The van der Waals surface area contributed by atoms with Crippen LogP contribution in [-0.4, -0.2) is 25.9 Å². The molecule has 2 unspecified atom stereocenters. The fourth-order valence-corrected chi connectivity index (χ4v) is 2.44. The van der Waals surface area contributed by atoms with Crippen LogP contribution in [0.4, 0.5) is 5.69 Å². The maximum Gasteiger partial charge on any atom is 0.142 e. The second kappa shape index (κ2) is 7.01. The van der Waals surface area contributed by atoms with E-state index in [1.165, 1.54) is 0 Å². The van der Waals surface area contributed by atoms with Gasteiger partial charge in [0.05, 0.1) is 18.9 Å². The smallest absolute Gasteiger partial charge is 0.142 e. The van der Waals surface area contributed by atoms with Crippen LogP contribution >= 0.6 is 11.6 Å². The Kier molecular flexibility index (Phi) is 5.34. The molecule has 1 fully saturated rings. The van der Waals surface area contributed by atoms with Crippen molar-refractivity contribution in [2.45, 2.75) is 32.7 Å². The van der Waals surface area contributed by atoms with Gasteiger partial charge in [-0.15, -0.1) is 0 Å². The predicted molar refractivity (Wildman–Crippen MR) is 79.2 cm³/mol. The molecular weight excluding hydrogens is 262 g/mol. The van der Waals surface area contributed by atoms with Gasteiger partial charge < -0.3 is 14.8 Å². The van der Waals surface area contributed by atoms with Crippen LogP contribution in [0.3, 0.4) is 0 Å². The molecule has 3 nitrogen and oxygen atoms in total. The van der Waals surface area contributed by atoms with Gasteiger partial charge >= 0.3 is 0 Å². The summed E-state index contributed by atoms with van der Waals surface area (Å²) < 4.78 is 11.2. The van der Waals surface area contributed by atoms with Gasteiger partial charge in [0.2, 0.25) is 0 Å². The summed E-state index contributed by atoms with van der Waals surface area (Å²) in [5.74, 6) is 1.43. The molecule has 0 radical (unpaired) electrons. The van der Waals surface area contributed by atoms with E-state index >= 15 is 0 Å². The van der Waals surface area contributed by atoms with Crippen molar-refractivity contribution in [3.63, 3.8) is 0 Å². The summed E-state index contributed by atoms with van der Waals surface area (Å²) in [6.07, 6.45) is 2.11. The van der Waals surface area contributed by atoms with Gasteiger partial charge in [-0.05, 0) is 38.0 Å². The molecule has 1 saturated heterocycles. The van der Waals surface area contributed by atoms with Crippen LogP contribution in [0, 0.1) is 5.92 Å². The van der Waals surface area contributed by atoms with Crippen molar-refractivity contribution < 1.29 is 9.47 Å². The first-order valence-electron chi connectivity index (χ1n) is 6.97. The summed E-state index contributed by atoms with van der Waals surface area (Å²) in [6.45, 7) is 6.70. The number of nitrogens with one attached hydrogen (secondary N) is 1. The number of benzene rings is 1. The summed E-state index contributed by atoms with van der Waals surface area (Å²) in [5.41, 5.74) is 0.973.